The van der Waals surface area contributed by atoms with Gasteiger partial charge in [-0.15, -0.1) is 0 Å². The average molecular weight is 643 g/mol. The maximum atomic E-state index is 14.8. The smallest absolute Gasteiger partial charge is 0.255 e. The van der Waals surface area contributed by atoms with Gasteiger partial charge in [-0.05, 0) is 43.7 Å². The summed E-state index contributed by atoms with van der Waals surface area (Å²) in [7, 11) is 0. The lowest BCUT2D eigenvalue weighted by Gasteiger charge is -2.36. The molecule has 0 aliphatic carbocycles. The molecule has 44 heavy (non-hydrogen) atoms. The van der Waals surface area contributed by atoms with E-state index < -0.39 is 11.9 Å². The first-order chi connectivity index (χ1) is 21.2. The van der Waals surface area contributed by atoms with Gasteiger partial charge in [-0.1, -0.05) is 23.2 Å². The van der Waals surface area contributed by atoms with E-state index in [2.05, 4.69) is 20.6 Å². The Kier molecular flexibility index (Phi) is 8.59. The quantitative estimate of drug-likeness (QED) is 0.277. The third-order valence-electron chi connectivity index (χ3n) is 7.80. The molecule has 2 atom stereocenters. The van der Waals surface area contributed by atoms with Crippen LogP contribution in [0.2, 0.25) is 10.0 Å². The fourth-order valence-electron chi connectivity index (χ4n) is 5.53. The van der Waals surface area contributed by atoms with Crippen molar-refractivity contribution >= 4 is 52.2 Å². The van der Waals surface area contributed by atoms with Crippen molar-refractivity contribution in [3.8, 4) is 17.0 Å². The van der Waals surface area contributed by atoms with Crippen LogP contribution in [0.25, 0.3) is 16.9 Å². The zero-order chi connectivity index (χ0) is 31.0. The lowest BCUT2D eigenvalue weighted by atomic mass is 10.1. The lowest BCUT2D eigenvalue weighted by molar-refractivity contribution is -0.134. The van der Waals surface area contributed by atoms with Crippen molar-refractivity contribution in [3.63, 3.8) is 0 Å². The van der Waals surface area contributed by atoms with Gasteiger partial charge in [-0.2, -0.15) is 0 Å². The summed E-state index contributed by atoms with van der Waals surface area (Å²) in [6.07, 6.45) is 4.74. The molecule has 0 saturated carbocycles. The van der Waals surface area contributed by atoms with Gasteiger partial charge < -0.3 is 30.3 Å². The number of aliphatic hydroxyl groups is 1. The lowest BCUT2D eigenvalue weighted by Crippen LogP contribution is -2.54. The molecule has 4 aromatic rings. The number of imidazole rings is 1. The predicted molar refractivity (Wildman–Crippen MR) is 164 cm³/mol. The molecule has 230 valence electrons. The number of hydrogen-bond acceptors (Lipinski definition) is 8. The third-order valence-corrected chi connectivity index (χ3v) is 8.48. The molecule has 2 saturated heterocycles. The average Bonchev–Trinajstić information content (AvgIpc) is 3.66. The van der Waals surface area contributed by atoms with Crippen molar-refractivity contribution in [2.45, 2.75) is 25.5 Å². The number of halogens is 3. The summed E-state index contributed by atoms with van der Waals surface area (Å²) in [5.74, 6) is -0.420. The van der Waals surface area contributed by atoms with Gasteiger partial charge in [-0.25, -0.2) is 14.4 Å². The Bertz CT molecular complexity index is 1730. The summed E-state index contributed by atoms with van der Waals surface area (Å²) in [5.41, 5.74) is 2.42. The van der Waals surface area contributed by atoms with Crippen LogP contribution in [0.5, 0.6) is 5.75 Å². The van der Waals surface area contributed by atoms with Gasteiger partial charge in [0.1, 0.15) is 0 Å². The van der Waals surface area contributed by atoms with Gasteiger partial charge in [0.15, 0.2) is 23.0 Å². The summed E-state index contributed by atoms with van der Waals surface area (Å²) in [6, 6.07) is 7.84. The van der Waals surface area contributed by atoms with Crippen LogP contribution in [0.15, 0.2) is 48.9 Å². The molecule has 2 aromatic heterocycles. The fraction of sp³-hybridized carbons (Fsp3) is 0.333. The van der Waals surface area contributed by atoms with Gasteiger partial charge in [0.2, 0.25) is 5.91 Å². The second-order valence-corrected chi connectivity index (χ2v) is 11.4. The van der Waals surface area contributed by atoms with Crippen LogP contribution in [0.4, 0.5) is 15.9 Å². The van der Waals surface area contributed by atoms with Crippen LogP contribution in [0, 0.1) is 5.82 Å². The van der Waals surface area contributed by atoms with E-state index in [-0.39, 0.29) is 33.7 Å². The molecule has 6 rings (SSSR count). The predicted octanol–water partition coefficient (Wildman–Crippen LogP) is 3.99. The number of hydrogen-bond donors (Lipinski definition) is 3. The molecule has 2 aliphatic heterocycles. The molecular formula is C30H30Cl2FN7O4. The zero-order valence-corrected chi connectivity index (χ0v) is 25.3. The highest BCUT2D eigenvalue weighted by Crippen LogP contribution is 2.36. The topological polar surface area (TPSA) is 124 Å². The number of aromatic nitrogens is 3. The highest BCUT2D eigenvalue weighted by Gasteiger charge is 2.33. The molecule has 2 fully saturated rings. The normalized spacial score (nSPS) is 18.6. The molecule has 2 aliphatic rings. The van der Waals surface area contributed by atoms with E-state index in [9.17, 15) is 19.1 Å². The number of piperazine rings is 1. The van der Waals surface area contributed by atoms with Gasteiger partial charge in [0.05, 0.1) is 46.3 Å². The first-order valence-electron chi connectivity index (χ1n) is 14.2. The largest absolute Gasteiger partial charge is 0.491 e. The van der Waals surface area contributed by atoms with Gasteiger partial charge in [0.25, 0.3) is 5.91 Å². The molecule has 2 aromatic carbocycles. The molecular weight excluding hydrogens is 612 g/mol. The summed E-state index contributed by atoms with van der Waals surface area (Å²) >= 11 is 12.9. The number of amides is 2. The molecule has 4 heterocycles. The summed E-state index contributed by atoms with van der Waals surface area (Å²) in [6.45, 7) is 4.07. The molecule has 3 N–H and O–H groups in total. The summed E-state index contributed by atoms with van der Waals surface area (Å²) < 4.78 is 21.8. The minimum absolute atomic E-state index is 0.0509. The molecule has 0 spiro atoms. The second-order valence-electron chi connectivity index (χ2n) is 10.6. The minimum atomic E-state index is -0.643. The standard InChI is InChI=1S/C30H30Cl2FN7O4/c1-2-44-24-6-5-20(25(32)26(24)33)23-16-36-28-27(34-7-8-40(23)28)37-17-3-4-19(21(31)13-17)29(42)38-9-11-39(12-10-38)30(43)22-14-18(41)15-35-22/h3-8,13,16,18,22,35,41H,2,9-12,14-15H2,1H3,(H,34,37)/t18-,22+/m1/s1. The number of benzene rings is 2. The van der Waals surface area contributed by atoms with Crippen molar-refractivity contribution in [3.05, 3.63) is 70.3 Å². The molecule has 0 radical (unpaired) electrons. The van der Waals surface area contributed by atoms with E-state index in [1.54, 1.807) is 64.0 Å². The number of fused-ring (bicyclic) bond motifs is 1. The monoisotopic (exact) mass is 641 g/mol. The van der Waals surface area contributed by atoms with Crippen molar-refractivity contribution in [2.24, 2.45) is 0 Å². The first-order valence-corrected chi connectivity index (χ1v) is 15.0. The molecule has 0 bridgehead atoms. The van der Waals surface area contributed by atoms with Crippen molar-refractivity contribution in [1.82, 2.24) is 29.5 Å². The zero-order valence-electron chi connectivity index (χ0n) is 23.8. The number of anilines is 2. The van der Waals surface area contributed by atoms with Crippen molar-refractivity contribution in [2.75, 3.05) is 44.6 Å². The number of aliphatic hydroxyl groups excluding tert-OH is 1. The highest BCUT2D eigenvalue weighted by molar-refractivity contribution is 6.34. The van der Waals surface area contributed by atoms with Crippen LogP contribution in [0.3, 0.4) is 0 Å². The van der Waals surface area contributed by atoms with Crippen LogP contribution in [-0.4, -0.2) is 92.6 Å². The maximum absolute atomic E-state index is 14.8. The number of nitrogens with one attached hydrogen (secondary N) is 2. The van der Waals surface area contributed by atoms with Gasteiger partial charge in [-0.3, -0.25) is 14.0 Å². The summed E-state index contributed by atoms with van der Waals surface area (Å²) in [5, 5.41) is 16.1. The van der Waals surface area contributed by atoms with E-state index in [0.29, 0.717) is 79.7 Å². The van der Waals surface area contributed by atoms with E-state index in [1.807, 2.05) is 0 Å². The number of nitrogens with zero attached hydrogens (tertiary/aromatic N) is 5. The fourth-order valence-corrected chi connectivity index (χ4v) is 6.05. The number of carbonyl (C=O) groups is 2. The Hall–Kier alpha value is -3.97. The Morgan fingerprint density at radius 3 is 2.61 bits per heavy atom. The number of rotatable bonds is 7. The number of β-amino-alcohol motifs (C(OH)–C–C–N with tert-alkyl or cyclic N) is 1. The molecule has 2 amide bonds. The van der Waals surface area contributed by atoms with Gasteiger partial charge >= 0.3 is 0 Å². The minimum Gasteiger partial charge on any atom is -0.491 e. The third kappa shape index (κ3) is 5.77. The number of carbonyl (C=O) groups excluding carboxylic acids is 2. The Morgan fingerprint density at radius 2 is 1.91 bits per heavy atom. The Labute approximate surface area is 262 Å². The maximum Gasteiger partial charge on any atom is 0.255 e. The SMILES string of the molecule is CCOc1ccc(-c2cnc3c(Nc4ccc(C(=O)N5CCN(C(=O)[C@@H]6C[C@@H](O)CN6)CC5)c(Cl)c4)nccn23)c(Cl)c1F. The number of ether oxygens (including phenoxy) is 1. The second kappa shape index (κ2) is 12.6. The van der Waals surface area contributed by atoms with E-state index in [4.69, 9.17) is 27.9 Å². The Morgan fingerprint density at radius 1 is 1.14 bits per heavy atom. The van der Waals surface area contributed by atoms with Gasteiger partial charge in [0, 0.05) is 56.4 Å². The molecule has 14 heteroatoms. The van der Waals surface area contributed by atoms with Crippen LogP contribution < -0.4 is 15.4 Å². The molecule has 11 nitrogen and oxygen atoms in total. The van der Waals surface area contributed by atoms with E-state index in [0.717, 1.165) is 0 Å². The molecule has 0 unspecified atom stereocenters. The Balaban J connectivity index is 1.15. The summed E-state index contributed by atoms with van der Waals surface area (Å²) in [4.78, 5) is 38.3. The van der Waals surface area contributed by atoms with Crippen LogP contribution in [0.1, 0.15) is 23.7 Å². The van der Waals surface area contributed by atoms with Crippen LogP contribution in [-0.2, 0) is 4.79 Å². The van der Waals surface area contributed by atoms with E-state index in [1.165, 1.54) is 6.07 Å². The first kappa shape index (κ1) is 30.1. The van der Waals surface area contributed by atoms with Crippen molar-refractivity contribution in [1.29, 1.82) is 0 Å². The van der Waals surface area contributed by atoms with E-state index >= 15 is 0 Å². The van der Waals surface area contributed by atoms with Crippen molar-refractivity contribution < 1.29 is 23.8 Å². The highest BCUT2D eigenvalue weighted by atomic mass is 35.5. The van der Waals surface area contributed by atoms with Crippen LogP contribution >= 0.6 is 23.2 Å².